The minimum absolute atomic E-state index is 0.0298. The molecule has 1 atom stereocenters. The fraction of sp³-hybridized carbons (Fsp3) is 0.385. The second-order valence-electron chi connectivity index (χ2n) is 4.01. The Morgan fingerprint density at radius 2 is 2.17 bits per heavy atom. The Hall–Kier alpha value is -1.33. The van der Waals surface area contributed by atoms with E-state index >= 15 is 0 Å². The van der Waals surface area contributed by atoms with E-state index in [1.54, 1.807) is 36.0 Å². The van der Waals surface area contributed by atoms with Crippen LogP contribution in [0.2, 0.25) is 0 Å². The number of ketones is 1. The molecule has 1 amide bonds. The van der Waals surface area contributed by atoms with Crippen molar-refractivity contribution in [1.82, 2.24) is 0 Å². The first-order valence-electron chi connectivity index (χ1n) is 5.71. The quantitative estimate of drug-likeness (QED) is 0.771. The molecule has 0 radical (unpaired) electrons. The number of benzene rings is 1. The minimum Gasteiger partial charge on any atom is -0.325 e. The largest absolute Gasteiger partial charge is 0.325 e. The number of rotatable bonds is 6. The van der Waals surface area contributed by atoms with Crippen LogP contribution in [0.3, 0.4) is 0 Å². The summed E-state index contributed by atoms with van der Waals surface area (Å²) in [5, 5.41) is 2.72. The van der Waals surface area contributed by atoms with Gasteiger partial charge in [-0.3, -0.25) is 9.59 Å². The van der Waals surface area contributed by atoms with Crippen molar-refractivity contribution in [3.63, 3.8) is 0 Å². The van der Waals surface area contributed by atoms with Gasteiger partial charge in [-0.25, -0.2) is 0 Å². The Morgan fingerprint density at radius 3 is 2.78 bits per heavy atom. The van der Waals surface area contributed by atoms with E-state index < -0.39 is 6.04 Å². The summed E-state index contributed by atoms with van der Waals surface area (Å²) in [6.07, 6.45) is 2.61. The molecule has 5 heteroatoms. The molecule has 0 aliphatic rings. The molecule has 0 saturated carbocycles. The Bertz CT molecular complexity index is 435. The molecule has 0 heterocycles. The van der Waals surface area contributed by atoms with Gasteiger partial charge in [0.1, 0.15) is 0 Å². The number of carbonyl (C=O) groups is 2. The topological polar surface area (TPSA) is 72.2 Å². The number of amides is 1. The molecule has 0 aromatic heterocycles. The van der Waals surface area contributed by atoms with Gasteiger partial charge in [0.2, 0.25) is 5.91 Å². The van der Waals surface area contributed by atoms with Crippen molar-refractivity contribution in [3.8, 4) is 0 Å². The van der Waals surface area contributed by atoms with Crippen LogP contribution >= 0.6 is 11.8 Å². The number of carbonyl (C=O) groups excluding carboxylic acids is 2. The van der Waals surface area contributed by atoms with E-state index in [1.165, 1.54) is 6.92 Å². The van der Waals surface area contributed by atoms with Crippen molar-refractivity contribution in [3.05, 3.63) is 29.8 Å². The standard InChI is InChI=1S/C13H18N2O2S/c1-9(16)10-4-3-5-11(8-10)15-13(17)12(14)6-7-18-2/h3-5,8,12H,6-7,14H2,1-2H3,(H,15,17)/t12-/m1/s1. The number of hydrogen-bond donors (Lipinski definition) is 2. The van der Waals surface area contributed by atoms with Gasteiger partial charge in [-0.2, -0.15) is 11.8 Å². The van der Waals surface area contributed by atoms with Gasteiger partial charge >= 0.3 is 0 Å². The van der Waals surface area contributed by atoms with Crippen LogP contribution in [0.1, 0.15) is 23.7 Å². The zero-order chi connectivity index (χ0) is 13.5. The van der Waals surface area contributed by atoms with Crippen molar-refractivity contribution in [2.75, 3.05) is 17.3 Å². The van der Waals surface area contributed by atoms with Crippen LogP contribution in [-0.4, -0.2) is 29.7 Å². The molecule has 0 saturated heterocycles. The Kier molecular flexibility index (Phi) is 5.88. The van der Waals surface area contributed by atoms with Crippen molar-refractivity contribution >= 4 is 29.1 Å². The van der Waals surface area contributed by atoms with Gasteiger partial charge in [-0.05, 0) is 37.5 Å². The van der Waals surface area contributed by atoms with Crippen LogP contribution < -0.4 is 11.1 Å². The predicted molar refractivity (Wildman–Crippen MR) is 76.1 cm³/mol. The molecule has 0 unspecified atom stereocenters. The van der Waals surface area contributed by atoms with Crippen LogP contribution in [0, 0.1) is 0 Å². The maximum Gasteiger partial charge on any atom is 0.241 e. The number of Topliss-reactive ketones (excluding diaryl/α,β-unsaturated/α-hetero) is 1. The lowest BCUT2D eigenvalue weighted by atomic mass is 10.1. The fourth-order valence-electron chi connectivity index (χ4n) is 1.43. The van der Waals surface area contributed by atoms with Gasteiger partial charge in [0.05, 0.1) is 6.04 Å². The minimum atomic E-state index is -0.515. The van der Waals surface area contributed by atoms with Crippen molar-refractivity contribution < 1.29 is 9.59 Å². The average molecular weight is 266 g/mol. The molecule has 0 fully saturated rings. The first-order chi connectivity index (χ1) is 8.54. The summed E-state index contributed by atoms with van der Waals surface area (Å²) < 4.78 is 0. The van der Waals surface area contributed by atoms with Gasteiger partial charge in [-0.1, -0.05) is 12.1 Å². The van der Waals surface area contributed by atoms with E-state index in [0.29, 0.717) is 17.7 Å². The van der Waals surface area contributed by atoms with Crippen LogP contribution in [0.25, 0.3) is 0 Å². The second kappa shape index (κ2) is 7.18. The number of nitrogens with one attached hydrogen (secondary N) is 1. The monoisotopic (exact) mass is 266 g/mol. The third-order valence-corrected chi connectivity index (χ3v) is 3.15. The highest BCUT2D eigenvalue weighted by molar-refractivity contribution is 7.98. The molecule has 1 aromatic carbocycles. The highest BCUT2D eigenvalue weighted by atomic mass is 32.2. The van der Waals surface area contributed by atoms with Gasteiger partial charge < -0.3 is 11.1 Å². The van der Waals surface area contributed by atoms with E-state index in [9.17, 15) is 9.59 Å². The zero-order valence-electron chi connectivity index (χ0n) is 10.6. The van der Waals surface area contributed by atoms with Gasteiger partial charge in [0, 0.05) is 11.3 Å². The smallest absolute Gasteiger partial charge is 0.241 e. The summed E-state index contributed by atoms with van der Waals surface area (Å²) >= 11 is 1.66. The van der Waals surface area contributed by atoms with E-state index in [2.05, 4.69) is 5.32 Å². The molecule has 18 heavy (non-hydrogen) atoms. The van der Waals surface area contributed by atoms with E-state index in [0.717, 1.165) is 5.75 Å². The molecular formula is C13H18N2O2S. The molecule has 0 aliphatic heterocycles. The first kappa shape index (κ1) is 14.7. The van der Waals surface area contributed by atoms with E-state index in [4.69, 9.17) is 5.73 Å². The lowest BCUT2D eigenvalue weighted by Gasteiger charge is -2.12. The molecule has 0 bridgehead atoms. The summed E-state index contributed by atoms with van der Waals surface area (Å²) in [5.74, 6) is 0.602. The first-order valence-corrected chi connectivity index (χ1v) is 7.10. The van der Waals surface area contributed by atoms with E-state index in [1.807, 2.05) is 6.26 Å². The molecule has 98 valence electrons. The van der Waals surface area contributed by atoms with Crippen LogP contribution in [0.15, 0.2) is 24.3 Å². The highest BCUT2D eigenvalue weighted by Crippen LogP contribution is 2.12. The molecule has 0 aliphatic carbocycles. The summed E-state index contributed by atoms with van der Waals surface area (Å²) in [7, 11) is 0. The van der Waals surface area contributed by atoms with Crippen molar-refractivity contribution in [2.45, 2.75) is 19.4 Å². The summed E-state index contributed by atoms with van der Waals surface area (Å²) in [4.78, 5) is 23.0. The van der Waals surface area contributed by atoms with Crippen molar-refractivity contribution in [1.29, 1.82) is 0 Å². The predicted octanol–water partition coefficient (Wildman–Crippen LogP) is 1.91. The summed E-state index contributed by atoms with van der Waals surface area (Å²) in [6.45, 7) is 1.49. The molecule has 3 N–H and O–H groups in total. The fourth-order valence-corrected chi connectivity index (χ4v) is 1.92. The Balaban J connectivity index is 2.64. The molecule has 1 aromatic rings. The number of nitrogens with two attached hydrogens (primary N) is 1. The van der Waals surface area contributed by atoms with Crippen LogP contribution in [0.4, 0.5) is 5.69 Å². The highest BCUT2D eigenvalue weighted by Gasteiger charge is 2.13. The van der Waals surface area contributed by atoms with Crippen LogP contribution in [-0.2, 0) is 4.79 Å². The van der Waals surface area contributed by atoms with Gasteiger partial charge in [-0.15, -0.1) is 0 Å². The summed E-state index contributed by atoms with van der Waals surface area (Å²) in [5.41, 5.74) is 6.94. The zero-order valence-corrected chi connectivity index (χ0v) is 11.4. The van der Waals surface area contributed by atoms with Crippen molar-refractivity contribution in [2.24, 2.45) is 5.73 Å². The number of hydrogen-bond acceptors (Lipinski definition) is 4. The normalized spacial score (nSPS) is 11.9. The molecule has 0 spiro atoms. The Labute approximate surface area is 111 Å². The van der Waals surface area contributed by atoms with Gasteiger partial charge in [0.15, 0.2) is 5.78 Å². The summed E-state index contributed by atoms with van der Waals surface area (Å²) in [6, 6.07) is 6.33. The molecular weight excluding hydrogens is 248 g/mol. The third kappa shape index (κ3) is 4.50. The number of thioether (sulfide) groups is 1. The lowest BCUT2D eigenvalue weighted by molar-refractivity contribution is -0.117. The number of anilines is 1. The second-order valence-corrected chi connectivity index (χ2v) is 5.00. The maximum absolute atomic E-state index is 11.8. The third-order valence-electron chi connectivity index (χ3n) is 2.51. The average Bonchev–Trinajstić information content (AvgIpc) is 2.36. The van der Waals surface area contributed by atoms with Crippen LogP contribution in [0.5, 0.6) is 0 Å². The van der Waals surface area contributed by atoms with Gasteiger partial charge in [0.25, 0.3) is 0 Å². The molecule has 4 nitrogen and oxygen atoms in total. The SMILES string of the molecule is CSCC[C@@H](N)C(=O)Nc1cccc(C(C)=O)c1. The Morgan fingerprint density at radius 1 is 1.44 bits per heavy atom. The molecule has 1 rings (SSSR count). The van der Waals surface area contributed by atoms with E-state index in [-0.39, 0.29) is 11.7 Å². The maximum atomic E-state index is 11.8. The lowest BCUT2D eigenvalue weighted by Crippen LogP contribution is -2.36.